The summed E-state index contributed by atoms with van der Waals surface area (Å²) in [5, 5.41) is 9.68. The van der Waals surface area contributed by atoms with Crippen molar-refractivity contribution in [2.75, 3.05) is 32.1 Å². The molecule has 1 aromatic rings. The first-order valence-electron chi connectivity index (χ1n) is 6.87. The van der Waals surface area contributed by atoms with Crippen LogP contribution in [0.5, 0.6) is 0 Å². The molecule has 0 unspecified atom stereocenters. The smallest absolute Gasteiger partial charge is 0.291 e. The van der Waals surface area contributed by atoms with E-state index < -0.39 is 0 Å². The van der Waals surface area contributed by atoms with Crippen molar-refractivity contribution in [1.29, 1.82) is 0 Å². The molecule has 7 nitrogen and oxygen atoms in total. The van der Waals surface area contributed by atoms with Crippen LogP contribution in [0.4, 0.5) is 5.69 Å². The molecule has 0 bridgehead atoms. The van der Waals surface area contributed by atoms with E-state index in [-0.39, 0.29) is 28.7 Å². The largest absolute Gasteiger partial charge is 0.383 e. The van der Waals surface area contributed by atoms with Gasteiger partial charge in [-0.15, -0.1) is 0 Å². The average Bonchev–Trinajstić information content (AvgIpc) is 3.26. The van der Waals surface area contributed by atoms with Gasteiger partial charge in [0.05, 0.1) is 24.4 Å². The Morgan fingerprint density at radius 3 is 3.00 bits per heavy atom. The number of nitrogens with one attached hydrogen (secondary N) is 2. The molecule has 0 saturated heterocycles. The number of rotatable bonds is 8. The Balaban J connectivity index is 1.95. The monoisotopic (exact) mass is 314 g/mol. The molecule has 0 radical (unpaired) electrons. The fourth-order valence-electron chi connectivity index (χ4n) is 1.83. The van der Waals surface area contributed by atoms with Gasteiger partial charge >= 0.3 is 0 Å². The summed E-state index contributed by atoms with van der Waals surface area (Å²) in [5.74, 6) is 0.301. The van der Waals surface area contributed by atoms with Crippen molar-refractivity contribution in [3.05, 3.63) is 21.6 Å². The maximum atomic E-state index is 12.2. The fraction of sp³-hybridized carbons (Fsp3) is 0.615. The number of halogens is 1. The number of aromatic nitrogens is 2. The lowest BCUT2D eigenvalue weighted by Gasteiger charge is -2.10. The molecule has 1 heterocycles. The van der Waals surface area contributed by atoms with E-state index in [1.54, 1.807) is 7.11 Å². The predicted octanol–water partition coefficient (Wildman–Crippen LogP) is 0.481. The number of carbonyl (C=O) groups is 1. The van der Waals surface area contributed by atoms with Crippen molar-refractivity contribution in [3.63, 3.8) is 0 Å². The van der Waals surface area contributed by atoms with Gasteiger partial charge in [0.25, 0.3) is 5.56 Å². The van der Waals surface area contributed by atoms with E-state index in [1.807, 2.05) is 0 Å². The molecule has 0 aliphatic heterocycles. The summed E-state index contributed by atoms with van der Waals surface area (Å²) < 4.78 is 6.23. The van der Waals surface area contributed by atoms with Gasteiger partial charge in [-0.25, -0.2) is 4.68 Å². The third-order valence-corrected chi connectivity index (χ3v) is 3.47. The zero-order valence-electron chi connectivity index (χ0n) is 11.9. The molecule has 8 heteroatoms. The van der Waals surface area contributed by atoms with Crippen molar-refractivity contribution in [1.82, 2.24) is 15.1 Å². The van der Waals surface area contributed by atoms with Gasteiger partial charge in [0, 0.05) is 20.2 Å². The molecule has 2 N–H and O–H groups in total. The number of ether oxygens (including phenoxy) is 1. The van der Waals surface area contributed by atoms with Crippen LogP contribution in [0.2, 0.25) is 5.02 Å². The van der Waals surface area contributed by atoms with E-state index in [9.17, 15) is 9.59 Å². The zero-order chi connectivity index (χ0) is 15.2. The molecule has 21 heavy (non-hydrogen) atoms. The molecule has 1 fully saturated rings. The Morgan fingerprint density at radius 2 is 2.33 bits per heavy atom. The van der Waals surface area contributed by atoms with Gasteiger partial charge in [0.1, 0.15) is 5.69 Å². The third kappa shape index (κ3) is 4.71. The van der Waals surface area contributed by atoms with Gasteiger partial charge in [0.2, 0.25) is 5.91 Å². The normalized spacial score (nSPS) is 14.0. The van der Waals surface area contributed by atoms with E-state index >= 15 is 0 Å². The standard InChI is InChI=1S/C13H19ClN4O3/c1-21-5-4-15-11(19)7-16-12-10(14)6-17-18(13(12)20)8-9-2-3-9/h6,9,16H,2-5,7-8H2,1H3,(H,15,19). The molecule has 0 atom stereocenters. The quantitative estimate of drug-likeness (QED) is 0.682. The van der Waals surface area contributed by atoms with E-state index in [4.69, 9.17) is 16.3 Å². The fourth-order valence-corrected chi connectivity index (χ4v) is 2.02. The van der Waals surface area contributed by atoms with Gasteiger partial charge < -0.3 is 15.4 Å². The molecule has 2 rings (SSSR count). The molecule has 0 aromatic carbocycles. The Kier molecular flexibility index (Phi) is 5.58. The molecule has 1 amide bonds. The lowest BCUT2D eigenvalue weighted by molar-refractivity contribution is -0.119. The minimum absolute atomic E-state index is 0.0217. The van der Waals surface area contributed by atoms with Crippen molar-refractivity contribution < 1.29 is 9.53 Å². The average molecular weight is 315 g/mol. The van der Waals surface area contributed by atoms with E-state index in [2.05, 4.69) is 15.7 Å². The Morgan fingerprint density at radius 1 is 1.57 bits per heavy atom. The van der Waals surface area contributed by atoms with Crippen molar-refractivity contribution in [2.45, 2.75) is 19.4 Å². The van der Waals surface area contributed by atoms with Gasteiger partial charge in [-0.1, -0.05) is 11.6 Å². The van der Waals surface area contributed by atoms with Crippen LogP contribution in [0.25, 0.3) is 0 Å². The van der Waals surface area contributed by atoms with Gasteiger partial charge in [-0.3, -0.25) is 9.59 Å². The van der Waals surface area contributed by atoms with Crippen LogP contribution >= 0.6 is 11.6 Å². The maximum absolute atomic E-state index is 12.2. The molecular formula is C13H19ClN4O3. The van der Waals surface area contributed by atoms with Crippen LogP contribution in [0.3, 0.4) is 0 Å². The number of nitrogens with zero attached hydrogens (tertiary/aromatic N) is 2. The highest BCUT2D eigenvalue weighted by atomic mass is 35.5. The van der Waals surface area contributed by atoms with Crippen LogP contribution in [-0.4, -0.2) is 42.5 Å². The highest BCUT2D eigenvalue weighted by molar-refractivity contribution is 6.33. The first kappa shape index (κ1) is 15.8. The van der Waals surface area contributed by atoms with Crippen LogP contribution in [0.1, 0.15) is 12.8 Å². The lowest BCUT2D eigenvalue weighted by atomic mass is 10.4. The lowest BCUT2D eigenvalue weighted by Crippen LogP contribution is -2.34. The molecular weight excluding hydrogens is 296 g/mol. The van der Waals surface area contributed by atoms with Crippen LogP contribution in [0, 0.1) is 5.92 Å². The van der Waals surface area contributed by atoms with Gasteiger partial charge in [0.15, 0.2) is 0 Å². The maximum Gasteiger partial charge on any atom is 0.291 e. The first-order valence-corrected chi connectivity index (χ1v) is 7.24. The van der Waals surface area contributed by atoms with E-state index in [1.165, 1.54) is 10.9 Å². The third-order valence-electron chi connectivity index (χ3n) is 3.18. The summed E-state index contributed by atoms with van der Waals surface area (Å²) >= 11 is 5.97. The van der Waals surface area contributed by atoms with Crippen LogP contribution in [-0.2, 0) is 16.1 Å². The summed E-state index contributed by atoms with van der Waals surface area (Å²) in [6, 6.07) is 0. The van der Waals surface area contributed by atoms with Crippen LogP contribution < -0.4 is 16.2 Å². The van der Waals surface area contributed by atoms with Gasteiger partial charge in [-0.05, 0) is 18.8 Å². The van der Waals surface area contributed by atoms with E-state index in [0.29, 0.717) is 25.6 Å². The molecule has 1 aliphatic rings. The highest BCUT2D eigenvalue weighted by Gasteiger charge is 2.23. The Hall–Kier alpha value is -1.60. The number of methoxy groups -OCH3 is 1. The number of anilines is 1. The predicted molar refractivity (Wildman–Crippen MR) is 79.6 cm³/mol. The Bertz CT molecular complexity index is 557. The van der Waals surface area contributed by atoms with Crippen molar-refractivity contribution in [2.24, 2.45) is 5.92 Å². The molecule has 1 aromatic heterocycles. The first-order chi connectivity index (χ1) is 10.1. The second-order valence-corrected chi connectivity index (χ2v) is 5.40. The summed E-state index contributed by atoms with van der Waals surface area (Å²) in [5.41, 5.74) is -0.0756. The van der Waals surface area contributed by atoms with Crippen molar-refractivity contribution in [3.8, 4) is 0 Å². The second kappa shape index (κ2) is 7.42. The summed E-state index contributed by atoms with van der Waals surface area (Å²) in [7, 11) is 1.56. The van der Waals surface area contributed by atoms with Gasteiger partial charge in [-0.2, -0.15) is 5.10 Å². The summed E-state index contributed by atoms with van der Waals surface area (Å²) in [6.45, 7) is 1.44. The minimum atomic E-state index is -0.293. The van der Waals surface area contributed by atoms with Crippen LogP contribution in [0.15, 0.2) is 11.0 Å². The summed E-state index contributed by atoms with van der Waals surface area (Å²) in [4.78, 5) is 23.8. The zero-order valence-corrected chi connectivity index (χ0v) is 12.7. The minimum Gasteiger partial charge on any atom is -0.383 e. The topological polar surface area (TPSA) is 85.2 Å². The Labute approximate surface area is 127 Å². The van der Waals surface area contributed by atoms with E-state index in [0.717, 1.165) is 12.8 Å². The summed E-state index contributed by atoms with van der Waals surface area (Å²) in [6.07, 6.45) is 3.68. The second-order valence-electron chi connectivity index (χ2n) is 4.99. The molecule has 116 valence electrons. The number of carbonyl (C=O) groups excluding carboxylic acids is 1. The number of hydrogen-bond acceptors (Lipinski definition) is 5. The highest BCUT2D eigenvalue weighted by Crippen LogP contribution is 2.30. The molecule has 1 aliphatic carbocycles. The molecule has 1 saturated carbocycles. The number of hydrogen-bond donors (Lipinski definition) is 2. The SMILES string of the molecule is COCCNC(=O)CNc1c(Cl)cnn(CC2CC2)c1=O. The van der Waals surface area contributed by atoms with Crippen molar-refractivity contribution >= 4 is 23.2 Å². The number of amides is 1. The molecule has 0 spiro atoms.